The van der Waals surface area contributed by atoms with Gasteiger partial charge in [-0.05, 0) is 46.6 Å². The quantitative estimate of drug-likeness (QED) is 0.789. The van der Waals surface area contributed by atoms with Crippen LogP contribution >= 0.6 is 0 Å². The Bertz CT molecular complexity index is 332. The van der Waals surface area contributed by atoms with E-state index >= 15 is 0 Å². The predicted octanol–water partition coefficient (Wildman–Crippen LogP) is 1.31. The van der Waals surface area contributed by atoms with Crippen LogP contribution in [-0.2, 0) is 9.53 Å². The van der Waals surface area contributed by atoms with Gasteiger partial charge in [0.25, 0.3) is 0 Å². The molecule has 0 spiro atoms. The van der Waals surface area contributed by atoms with Gasteiger partial charge in [-0.15, -0.1) is 0 Å². The molecule has 0 saturated carbocycles. The van der Waals surface area contributed by atoms with Crippen LogP contribution in [0.15, 0.2) is 0 Å². The van der Waals surface area contributed by atoms with E-state index in [1.807, 2.05) is 20.8 Å². The first kappa shape index (κ1) is 15.8. The fourth-order valence-electron chi connectivity index (χ4n) is 2.02. The van der Waals surface area contributed by atoms with Crippen molar-refractivity contribution in [3.63, 3.8) is 0 Å². The van der Waals surface area contributed by atoms with Crippen molar-refractivity contribution in [3.05, 3.63) is 0 Å². The molecule has 1 aliphatic rings. The number of carboxylic acids is 1. The van der Waals surface area contributed by atoms with Crippen LogP contribution in [0.4, 0.5) is 4.79 Å². The molecule has 1 unspecified atom stereocenters. The number of hydrogen-bond donors (Lipinski definition) is 2. The first-order valence-electron chi connectivity index (χ1n) is 6.61. The number of hydrogen-bond acceptors (Lipinski definition) is 4. The van der Waals surface area contributed by atoms with Gasteiger partial charge in [0, 0.05) is 13.1 Å². The van der Waals surface area contributed by atoms with Crippen LogP contribution in [0.5, 0.6) is 0 Å². The third-order valence-corrected chi connectivity index (χ3v) is 3.12. The molecule has 0 aromatic carbocycles. The maximum atomic E-state index is 11.7. The number of aliphatic carboxylic acids is 1. The number of nitrogens with one attached hydrogen (secondary N) is 1. The van der Waals surface area contributed by atoms with E-state index in [1.54, 1.807) is 11.9 Å². The minimum atomic E-state index is -0.828. The maximum absolute atomic E-state index is 11.7. The Labute approximate surface area is 114 Å². The molecule has 1 atom stereocenters. The number of ether oxygens (including phenoxy) is 1. The Morgan fingerprint density at radius 1 is 1.42 bits per heavy atom. The second-order valence-electron chi connectivity index (χ2n) is 6.01. The summed E-state index contributed by atoms with van der Waals surface area (Å²) in [6.45, 7) is 6.83. The number of nitrogens with zero attached hydrogens (tertiary/aromatic N) is 1. The summed E-state index contributed by atoms with van der Waals surface area (Å²) in [5.41, 5.74) is -0.470. The maximum Gasteiger partial charge on any atom is 0.410 e. The third kappa shape index (κ3) is 5.06. The largest absolute Gasteiger partial charge is 0.480 e. The molecule has 1 amide bonds. The van der Waals surface area contributed by atoms with Gasteiger partial charge in [-0.3, -0.25) is 4.79 Å². The molecule has 0 aromatic heterocycles. The molecular formula is C13H24N2O4. The second kappa shape index (κ2) is 6.23. The van der Waals surface area contributed by atoms with E-state index in [9.17, 15) is 9.59 Å². The lowest BCUT2D eigenvalue weighted by molar-refractivity contribution is -0.139. The number of likely N-dealkylation sites (tertiary alicyclic amines) is 1. The molecule has 0 aliphatic carbocycles. The highest BCUT2D eigenvalue weighted by Crippen LogP contribution is 2.23. The summed E-state index contributed by atoms with van der Waals surface area (Å²) >= 11 is 0. The van der Waals surface area contributed by atoms with E-state index in [-0.39, 0.29) is 6.09 Å². The highest BCUT2D eigenvalue weighted by Gasteiger charge is 2.34. The second-order valence-corrected chi connectivity index (χ2v) is 6.01. The first-order valence-corrected chi connectivity index (χ1v) is 6.61. The van der Waals surface area contributed by atoms with Crippen LogP contribution in [0, 0.1) is 5.92 Å². The number of amides is 1. The number of carboxylic acid groups (broad SMARTS) is 1. The number of rotatable bonds is 5. The van der Waals surface area contributed by atoms with E-state index in [2.05, 4.69) is 5.32 Å². The zero-order valence-corrected chi connectivity index (χ0v) is 12.1. The van der Waals surface area contributed by atoms with Crippen molar-refractivity contribution in [2.24, 2.45) is 5.92 Å². The lowest BCUT2D eigenvalue weighted by Crippen LogP contribution is -2.52. The van der Waals surface area contributed by atoms with E-state index in [1.165, 1.54) is 0 Å². The summed E-state index contributed by atoms with van der Waals surface area (Å²) in [5, 5.41) is 11.7. The van der Waals surface area contributed by atoms with Crippen LogP contribution in [0.3, 0.4) is 0 Å². The van der Waals surface area contributed by atoms with Crippen LogP contribution in [0.25, 0.3) is 0 Å². The van der Waals surface area contributed by atoms with E-state index in [4.69, 9.17) is 9.84 Å². The fraction of sp³-hybridized carbons (Fsp3) is 0.846. The Morgan fingerprint density at radius 3 is 2.42 bits per heavy atom. The Morgan fingerprint density at radius 2 is 2.00 bits per heavy atom. The molecule has 1 fully saturated rings. The minimum absolute atomic E-state index is 0.285. The zero-order chi connectivity index (χ0) is 14.6. The van der Waals surface area contributed by atoms with Gasteiger partial charge < -0.3 is 20.1 Å². The van der Waals surface area contributed by atoms with Gasteiger partial charge in [0.2, 0.25) is 0 Å². The smallest absolute Gasteiger partial charge is 0.410 e. The highest BCUT2D eigenvalue weighted by molar-refractivity contribution is 5.73. The molecule has 0 radical (unpaired) electrons. The fourth-order valence-corrected chi connectivity index (χ4v) is 2.02. The van der Waals surface area contributed by atoms with E-state index in [0.717, 1.165) is 6.42 Å². The molecule has 2 N–H and O–H groups in total. The van der Waals surface area contributed by atoms with Crippen molar-refractivity contribution in [1.29, 1.82) is 0 Å². The van der Waals surface area contributed by atoms with Crippen LogP contribution < -0.4 is 5.32 Å². The molecule has 0 bridgehead atoms. The molecule has 1 heterocycles. The lowest BCUT2D eigenvalue weighted by Gasteiger charge is -2.40. The molecule has 1 aliphatic heterocycles. The van der Waals surface area contributed by atoms with E-state index in [0.29, 0.717) is 25.4 Å². The Balaban J connectivity index is 2.23. The molecule has 110 valence electrons. The molecule has 0 aromatic rings. The van der Waals surface area contributed by atoms with E-state index < -0.39 is 17.6 Å². The molecule has 19 heavy (non-hydrogen) atoms. The van der Waals surface area contributed by atoms with Crippen molar-refractivity contribution in [2.75, 3.05) is 20.1 Å². The summed E-state index contributed by atoms with van der Waals surface area (Å²) in [5.74, 6) is -0.450. The van der Waals surface area contributed by atoms with Crippen molar-refractivity contribution in [2.45, 2.75) is 45.3 Å². The van der Waals surface area contributed by atoms with Gasteiger partial charge in [-0.2, -0.15) is 0 Å². The van der Waals surface area contributed by atoms with Crippen LogP contribution in [0.1, 0.15) is 33.6 Å². The Kier molecular flexibility index (Phi) is 5.17. The van der Waals surface area contributed by atoms with Gasteiger partial charge in [-0.25, -0.2) is 4.79 Å². The Hall–Kier alpha value is -1.30. The topological polar surface area (TPSA) is 78.9 Å². The summed E-state index contributed by atoms with van der Waals surface area (Å²) < 4.78 is 5.26. The lowest BCUT2D eigenvalue weighted by atomic mass is 9.93. The number of likely N-dealkylation sites (N-methyl/N-ethyl adjacent to an activating group) is 1. The van der Waals surface area contributed by atoms with Gasteiger partial charge in [0.05, 0.1) is 0 Å². The molecule has 6 nitrogen and oxygen atoms in total. The SMILES string of the molecule is CNC(CCC1CN(C(=O)OC(C)(C)C)C1)C(=O)O. The molecular weight excluding hydrogens is 248 g/mol. The minimum Gasteiger partial charge on any atom is -0.480 e. The van der Waals surface area contributed by atoms with Crippen molar-refractivity contribution in [1.82, 2.24) is 10.2 Å². The monoisotopic (exact) mass is 272 g/mol. The zero-order valence-electron chi connectivity index (χ0n) is 12.1. The van der Waals surface area contributed by atoms with Gasteiger partial charge >= 0.3 is 12.1 Å². The molecule has 6 heteroatoms. The van der Waals surface area contributed by atoms with Gasteiger partial charge in [0.1, 0.15) is 11.6 Å². The first-order chi connectivity index (χ1) is 8.73. The van der Waals surface area contributed by atoms with Crippen molar-refractivity contribution >= 4 is 12.1 Å². The summed E-state index contributed by atoms with van der Waals surface area (Å²) in [4.78, 5) is 24.2. The van der Waals surface area contributed by atoms with Crippen molar-refractivity contribution < 1.29 is 19.4 Å². The van der Waals surface area contributed by atoms with Crippen LogP contribution in [0.2, 0.25) is 0 Å². The summed E-state index contributed by atoms with van der Waals surface area (Å²) in [6, 6.07) is -0.504. The van der Waals surface area contributed by atoms with Crippen LogP contribution in [-0.4, -0.2) is 53.8 Å². The average molecular weight is 272 g/mol. The van der Waals surface area contributed by atoms with Gasteiger partial charge in [0.15, 0.2) is 0 Å². The predicted molar refractivity (Wildman–Crippen MR) is 71.0 cm³/mol. The number of carbonyl (C=O) groups excluding carboxylic acids is 1. The molecule has 1 rings (SSSR count). The van der Waals surface area contributed by atoms with Crippen molar-refractivity contribution in [3.8, 4) is 0 Å². The highest BCUT2D eigenvalue weighted by atomic mass is 16.6. The summed E-state index contributed by atoms with van der Waals surface area (Å²) in [6.07, 6.45) is 1.10. The summed E-state index contributed by atoms with van der Waals surface area (Å²) in [7, 11) is 1.65. The standard InChI is InChI=1S/C13H24N2O4/c1-13(2,3)19-12(18)15-7-9(8-15)5-6-10(14-4)11(16)17/h9-10,14H,5-8H2,1-4H3,(H,16,17). The normalized spacial score (nSPS) is 17.8. The molecule has 1 saturated heterocycles. The number of carbonyl (C=O) groups is 2. The third-order valence-electron chi connectivity index (χ3n) is 3.12. The average Bonchev–Trinajstić information content (AvgIpc) is 2.17. The van der Waals surface area contributed by atoms with Gasteiger partial charge in [-0.1, -0.05) is 0 Å².